The summed E-state index contributed by atoms with van der Waals surface area (Å²) in [6.07, 6.45) is -0.849. The smallest absolute Gasteiger partial charge is 0.449 e. The van der Waals surface area contributed by atoms with Crippen molar-refractivity contribution in [2.24, 2.45) is 0 Å². The summed E-state index contributed by atoms with van der Waals surface area (Å²) in [6.45, 7) is 3.47. The maximum absolute atomic E-state index is 12.8. The minimum Gasteiger partial charge on any atom is -0.449 e. The van der Waals surface area contributed by atoms with Gasteiger partial charge in [-0.1, -0.05) is 49.4 Å². The first kappa shape index (κ1) is 28.7. The van der Waals surface area contributed by atoms with Crippen LogP contribution in [0.2, 0.25) is 0 Å². The van der Waals surface area contributed by atoms with E-state index in [0.717, 1.165) is 6.26 Å². The molecule has 3 aromatic rings. The number of aromatic nitrogens is 2. The van der Waals surface area contributed by atoms with E-state index < -0.39 is 43.0 Å². The number of nitrogens with one attached hydrogen (secondary N) is 1. The van der Waals surface area contributed by atoms with Crippen molar-refractivity contribution in [3.8, 4) is 17.0 Å². The Balaban J connectivity index is 2.00. The molecule has 204 valence electrons. The number of hydrogen-bond donors (Lipinski definition) is 2. The Morgan fingerprint density at radius 3 is 2.26 bits per heavy atom. The Morgan fingerprint density at radius 1 is 1.03 bits per heavy atom. The molecule has 0 bridgehead atoms. The van der Waals surface area contributed by atoms with Crippen LogP contribution in [0.25, 0.3) is 11.1 Å². The van der Waals surface area contributed by atoms with Crippen LogP contribution >= 0.6 is 0 Å². The zero-order valence-electron chi connectivity index (χ0n) is 20.9. The predicted octanol–water partition coefficient (Wildman–Crippen LogP) is 3.45. The van der Waals surface area contributed by atoms with Crippen molar-refractivity contribution in [1.82, 2.24) is 14.3 Å². The Morgan fingerprint density at radius 2 is 1.68 bits per heavy atom. The van der Waals surface area contributed by atoms with Crippen molar-refractivity contribution in [2.75, 3.05) is 12.9 Å². The predicted molar refractivity (Wildman–Crippen MR) is 136 cm³/mol. The van der Waals surface area contributed by atoms with E-state index in [-0.39, 0.29) is 18.0 Å². The first-order chi connectivity index (χ1) is 17.9. The number of rotatable bonds is 10. The first-order valence-electron chi connectivity index (χ1n) is 11.5. The van der Waals surface area contributed by atoms with E-state index in [4.69, 9.17) is 4.74 Å². The molecule has 0 aliphatic rings. The lowest BCUT2D eigenvalue weighted by Crippen LogP contribution is -2.31. The number of ether oxygens (including phenoxy) is 2. The third kappa shape index (κ3) is 6.69. The highest BCUT2D eigenvalue weighted by molar-refractivity contribution is 7.90. The minimum absolute atomic E-state index is 0.00620. The molecule has 38 heavy (non-hydrogen) atoms. The molecule has 0 saturated carbocycles. The van der Waals surface area contributed by atoms with Gasteiger partial charge in [-0.2, -0.15) is 0 Å². The molecular formula is C24H27N3O9S2. The zero-order chi connectivity index (χ0) is 28.1. The van der Waals surface area contributed by atoms with E-state index in [1.165, 1.54) is 16.7 Å². The van der Waals surface area contributed by atoms with Gasteiger partial charge in [0.15, 0.2) is 9.84 Å². The number of carbonyl (C=O) groups excluding carboxylic acids is 1. The van der Waals surface area contributed by atoms with Crippen LogP contribution in [0.15, 0.2) is 58.5 Å². The standard InChI is InChI=1S/C24H27N3O9S2/c1-4-8-20-25-21(37(3,31)32)22(36-24(29)30)27(20)15-16-11-13-17(14-12-16)18-9-6-7-10-19(18)38(33,34)26-23(28)35-5-2/h6-7,9-14H,4-5,8,15H2,1-3H3,(H,26,28)(H,29,30). The van der Waals surface area contributed by atoms with Crippen LogP contribution in [0, 0.1) is 0 Å². The van der Waals surface area contributed by atoms with Gasteiger partial charge in [-0.05, 0) is 30.5 Å². The molecule has 2 aromatic carbocycles. The average Bonchev–Trinajstić information content (AvgIpc) is 3.16. The van der Waals surface area contributed by atoms with Gasteiger partial charge in [0.05, 0.1) is 18.0 Å². The van der Waals surface area contributed by atoms with Crippen molar-refractivity contribution in [2.45, 2.75) is 43.2 Å². The molecule has 12 nitrogen and oxygen atoms in total. The fourth-order valence-corrected chi connectivity index (χ4v) is 5.56. The van der Waals surface area contributed by atoms with Gasteiger partial charge in [-0.3, -0.25) is 4.57 Å². The van der Waals surface area contributed by atoms with E-state index in [9.17, 15) is 31.5 Å². The van der Waals surface area contributed by atoms with Gasteiger partial charge in [-0.15, -0.1) is 0 Å². The summed E-state index contributed by atoms with van der Waals surface area (Å²) >= 11 is 0. The molecule has 0 aliphatic heterocycles. The summed E-state index contributed by atoms with van der Waals surface area (Å²) in [5, 5.41) is 8.72. The number of carboxylic acid groups (broad SMARTS) is 1. The van der Waals surface area contributed by atoms with Crippen molar-refractivity contribution >= 4 is 32.1 Å². The SMILES string of the molecule is CCCc1nc(S(C)(=O)=O)c(OC(=O)O)n1Cc1ccc(-c2ccccc2S(=O)(=O)NC(=O)OCC)cc1. The molecule has 1 amide bonds. The number of sulfone groups is 1. The van der Waals surface area contributed by atoms with E-state index in [0.29, 0.717) is 35.4 Å². The van der Waals surface area contributed by atoms with Crippen molar-refractivity contribution in [3.05, 3.63) is 59.9 Å². The van der Waals surface area contributed by atoms with E-state index in [2.05, 4.69) is 9.72 Å². The largest absolute Gasteiger partial charge is 0.512 e. The molecule has 0 saturated heterocycles. The van der Waals surface area contributed by atoms with Gasteiger partial charge in [0.1, 0.15) is 5.82 Å². The fourth-order valence-electron chi connectivity index (χ4n) is 3.70. The Bertz CT molecular complexity index is 1550. The molecule has 3 rings (SSSR count). The summed E-state index contributed by atoms with van der Waals surface area (Å²) in [6, 6.07) is 12.8. The van der Waals surface area contributed by atoms with E-state index in [1.54, 1.807) is 43.3 Å². The third-order valence-corrected chi connectivity index (χ3v) is 7.59. The summed E-state index contributed by atoms with van der Waals surface area (Å²) in [7, 11) is -8.11. The van der Waals surface area contributed by atoms with Crippen molar-refractivity contribution in [3.63, 3.8) is 0 Å². The molecular weight excluding hydrogens is 538 g/mol. The second-order valence-corrected chi connectivity index (χ2v) is 11.7. The maximum Gasteiger partial charge on any atom is 0.512 e. The molecule has 1 heterocycles. The number of carbonyl (C=O) groups is 2. The Kier molecular flexibility index (Phi) is 8.78. The lowest BCUT2D eigenvalue weighted by atomic mass is 10.0. The van der Waals surface area contributed by atoms with Crippen LogP contribution in [0.1, 0.15) is 31.7 Å². The Hall–Kier alpha value is -3.91. The number of imidazole rings is 1. The van der Waals surface area contributed by atoms with Crippen LogP contribution in [0.4, 0.5) is 9.59 Å². The Labute approximate surface area is 220 Å². The first-order valence-corrected chi connectivity index (χ1v) is 14.8. The number of amides is 1. The van der Waals surface area contributed by atoms with E-state index >= 15 is 0 Å². The topological polar surface area (TPSA) is 171 Å². The van der Waals surface area contributed by atoms with Crippen LogP contribution in [0.3, 0.4) is 0 Å². The van der Waals surface area contributed by atoms with Gasteiger partial charge in [0, 0.05) is 18.2 Å². The molecule has 0 aliphatic carbocycles. The molecule has 0 atom stereocenters. The summed E-state index contributed by atoms with van der Waals surface area (Å²) in [5.41, 5.74) is 1.50. The average molecular weight is 566 g/mol. The molecule has 1 aromatic heterocycles. The number of nitrogens with zero attached hydrogens (tertiary/aromatic N) is 2. The quantitative estimate of drug-likeness (QED) is 0.347. The zero-order valence-corrected chi connectivity index (χ0v) is 22.5. The summed E-state index contributed by atoms with van der Waals surface area (Å²) < 4.78 is 62.8. The highest BCUT2D eigenvalue weighted by Gasteiger charge is 2.27. The number of hydrogen-bond acceptors (Lipinski definition) is 9. The molecule has 2 N–H and O–H groups in total. The van der Waals surface area contributed by atoms with Crippen LogP contribution in [-0.2, 0) is 37.6 Å². The molecule has 14 heteroatoms. The number of benzene rings is 2. The second-order valence-electron chi connectivity index (χ2n) is 8.13. The number of sulfonamides is 1. The molecule has 0 fully saturated rings. The van der Waals surface area contributed by atoms with Gasteiger partial charge in [0.25, 0.3) is 10.0 Å². The van der Waals surface area contributed by atoms with Crippen LogP contribution in [0.5, 0.6) is 5.88 Å². The van der Waals surface area contributed by atoms with Gasteiger partial charge in [0.2, 0.25) is 10.9 Å². The monoisotopic (exact) mass is 565 g/mol. The lowest BCUT2D eigenvalue weighted by Gasteiger charge is -2.13. The normalized spacial score (nSPS) is 11.7. The highest BCUT2D eigenvalue weighted by Crippen LogP contribution is 2.30. The second kappa shape index (κ2) is 11.6. The van der Waals surface area contributed by atoms with E-state index in [1.807, 2.05) is 11.6 Å². The van der Waals surface area contributed by atoms with Crippen LogP contribution in [-0.4, -0.2) is 56.6 Å². The summed E-state index contributed by atoms with van der Waals surface area (Å²) in [5.74, 6) is -0.0521. The summed E-state index contributed by atoms with van der Waals surface area (Å²) in [4.78, 5) is 27.0. The van der Waals surface area contributed by atoms with Gasteiger partial charge >= 0.3 is 12.2 Å². The van der Waals surface area contributed by atoms with Crippen molar-refractivity contribution in [1.29, 1.82) is 0 Å². The fraction of sp³-hybridized carbons (Fsp3) is 0.292. The lowest BCUT2D eigenvalue weighted by molar-refractivity contribution is 0.139. The molecule has 0 unspecified atom stereocenters. The van der Waals surface area contributed by atoms with Gasteiger partial charge < -0.3 is 14.6 Å². The molecule has 0 spiro atoms. The van der Waals surface area contributed by atoms with Gasteiger partial charge in [-0.25, -0.2) is 36.1 Å². The third-order valence-electron chi connectivity index (χ3n) is 5.25. The minimum atomic E-state index is -4.23. The van der Waals surface area contributed by atoms with Crippen molar-refractivity contribution < 1.29 is 41.0 Å². The molecule has 0 radical (unpaired) electrons. The number of aryl methyl sites for hydroxylation is 1. The maximum atomic E-state index is 12.8. The van der Waals surface area contributed by atoms with Crippen LogP contribution < -0.4 is 9.46 Å². The highest BCUT2D eigenvalue weighted by atomic mass is 32.2.